The van der Waals surface area contributed by atoms with Crippen LogP contribution < -0.4 is 5.32 Å². The van der Waals surface area contributed by atoms with Crippen molar-refractivity contribution in [3.05, 3.63) is 69.9 Å². The maximum absolute atomic E-state index is 12.7. The highest BCUT2D eigenvalue weighted by Gasteiger charge is 2.28. The summed E-state index contributed by atoms with van der Waals surface area (Å²) in [6.45, 7) is 1.65. The van der Waals surface area contributed by atoms with E-state index in [-0.39, 0.29) is 17.4 Å². The van der Waals surface area contributed by atoms with E-state index in [1.54, 1.807) is 31.2 Å². The third-order valence-electron chi connectivity index (χ3n) is 4.32. The summed E-state index contributed by atoms with van der Waals surface area (Å²) in [5.74, 6) is -0.401. The van der Waals surface area contributed by atoms with E-state index in [2.05, 4.69) is 26.2 Å². The number of aromatic nitrogens is 1. The molecule has 2 heterocycles. The van der Waals surface area contributed by atoms with E-state index in [1.165, 1.54) is 18.4 Å². The topological polar surface area (TPSA) is 81.4 Å². The second-order valence-electron chi connectivity index (χ2n) is 6.18. The van der Waals surface area contributed by atoms with Crippen molar-refractivity contribution >= 4 is 55.2 Å². The number of nitrogens with one attached hydrogen (secondary N) is 1. The molecule has 4 aromatic rings. The first-order chi connectivity index (χ1) is 14.0. The normalized spacial score (nSPS) is 10.9. The third kappa shape index (κ3) is 3.68. The number of esters is 1. The van der Waals surface area contributed by atoms with Crippen LogP contribution >= 0.6 is 27.3 Å². The SMILES string of the molecule is COC(=O)c1c(C)oc(NC(=O)c2ccc(Br)cc2)c1-c1nc2ccccc2s1. The van der Waals surface area contributed by atoms with Crippen LogP contribution in [0.5, 0.6) is 0 Å². The summed E-state index contributed by atoms with van der Waals surface area (Å²) in [4.78, 5) is 29.8. The maximum atomic E-state index is 12.7. The standard InChI is InChI=1S/C21H15BrN2O4S/c1-11-16(21(26)27-2)17(20-23-14-5-3-4-6-15(14)29-20)19(28-11)24-18(25)12-7-9-13(22)10-8-12/h3-10H,1-2H3,(H,24,25). The van der Waals surface area contributed by atoms with Gasteiger partial charge in [0, 0.05) is 10.0 Å². The highest BCUT2D eigenvalue weighted by molar-refractivity contribution is 9.10. The van der Waals surface area contributed by atoms with Crippen LogP contribution in [0.15, 0.2) is 57.4 Å². The summed E-state index contributed by atoms with van der Waals surface area (Å²) >= 11 is 4.76. The van der Waals surface area contributed by atoms with Crippen molar-refractivity contribution in [1.82, 2.24) is 4.98 Å². The first-order valence-electron chi connectivity index (χ1n) is 8.62. The minimum absolute atomic E-state index is 0.162. The quantitative estimate of drug-likeness (QED) is 0.388. The number of furan rings is 1. The zero-order valence-corrected chi connectivity index (χ0v) is 17.9. The number of nitrogens with zero attached hydrogens (tertiary/aromatic N) is 1. The molecule has 0 atom stereocenters. The zero-order valence-electron chi connectivity index (χ0n) is 15.5. The summed E-state index contributed by atoms with van der Waals surface area (Å²) in [7, 11) is 1.30. The molecule has 1 amide bonds. The molecule has 0 saturated heterocycles. The summed E-state index contributed by atoms with van der Waals surface area (Å²) in [6, 6.07) is 14.6. The Morgan fingerprint density at radius 1 is 1.14 bits per heavy atom. The molecule has 0 aliphatic heterocycles. The number of rotatable bonds is 4. The number of anilines is 1. The van der Waals surface area contributed by atoms with Gasteiger partial charge < -0.3 is 9.15 Å². The van der Waals surface area contributed by atoms with Gasteiger partial charge in [-0.05, 0) is 43.3 Å². The molecule has 0 radical (unpaired) electrons. The van der Waals surface area contributed by atoms with E-state index >= 15 is 0 Å². The predicted molar refractivity (Wildman–Crippen MR) is 115 cm³/mol. The molecule has 0 bridgehead atoms. The van der Waals surface area contributed by atoms with E-state index in [1.807, 2.05) is 24.3 Å². The molecule has 2 aromatic carbocycles. The molecule has 0 aliphatic rings. The number of hydrogen-bond donors (Lipinski definition) is 1. The summed E-state index contributed by atoms with van der Waals surface area (Å²) in [5.41, 5.74) is 1.92. The Morgan fingerprint density at radius 3 is 2.55 bits per heavy atom. The molecular formula is C21H15BrN2O4S. The number of ether oxygens (including phenoxy) is 1. The van der Waals surface area contributed by atoms with Gasteiger partial charge in [-0.25, -0.2) is 9.78 Å². The molecule has 0 saturated carbocycles. The Balaban J connectivity index is 1.82. The zero-order chi connectivity index (χ0) is 20.5. The van der Waals surface area contributed by atoms with Crippen LogP contribution in [0.25, 0.3) is 20.8 Å². The fourth-order valence-electron chi connectivity index (χ4n) is 2.94. The lowest BCUT2D eigenvalue weighted by molar-refractivity contribution is 0.0599. The summed E-state index contributed by atoms with van der Waals surface area (Å²) in [5, 5.41) is 3.33. The minimum atomic E-state index is -0.551. The van der Waals surface area contributed by atoms with Gasteiger partial charge in [-0.1, -0.05) is 28.1 Å². The van der Waals surface area contributed by atoms with Gasteiger partial charge >= 0.3 is 5.97 Å². The van der Waals surface area contributed by atoms with Gasteiger partial charge in [0.05, 0.1) is 22.9 Å². The lowest BCUT2D eigenvalue weighted by Gasteiger charge is -2.05. The van der Waals surface area contributed by atoms with Crippen molar-refractivity contribution in [2.45, 2.75) is 6.92 Å². The highest BCUT2D eigenvalue weighted by Crippen LogP contribution is 2.40. The van der Waals surface area contributed by atoms with Gasteiger partial charge in [0.1, 0.15) is 16.3 Å². The number of methoxy groups -OCH3 is 1. The molecule has 0 fully saturated rings. The molecule has 4 rings (SSSR count). The van der Waals surface area contributed by atoms with Crippen LogP contribution in [0, 0.1) is 6.92 Å². The molecule has 0 aliphatic carbocycles. The molecule has 146 valence electrons. The molecule has 6 nitrogen and oxygen atoms in total. The first-order valence-corrected chi connectivity index (χ1v) is 10.2. The number of aryl methyl sites for hydroxylation is 1. The van der Waals surface area contributed by atoms with Gasteiger partial charge in [-0.15, -0.1) is 11.3 Å². The van der Waals surface area contributed by atoms with Crippen molar-refractivity contribution in [2.75, 3.05) is 12.4 Å². The van der Waals surface area contributed by atoms with Crippen LogP contribution in [0.4, 0.5) is 5.88 Å². The van der Waals surface area contributed by atoms with Gasteiger partial charge in [0.2, 0.25) is 5.88 Å². The number of halogens is 1. The van der Waals surface area contributed by atoms with E-state index < -0.39 is 5.97 Å². The largest absolute Gasteiger partial charge is 0.465 e. The summed E-state index contributed by atoms with van der Waals surface area (Å²) < 4.78 is 12.5. The molecule has 29 heavy (non-hydrogen) atoms. The molecule has 1 N–H and O–H groups in total. The maximum Gasteiger partial charge on any atom is 0.342 e. The Morgan fingerprint density at radius 2 is 1.86 bits per heavy atom. The smallest absolute Gasteiger partial charge is 0.342 e. The number of amides is 1. The number of carbonyl (C=O) groups is 2. The molecular weight excluding hydrogens is 456 g/mol. The van der Waals surface area contributed by atoms with Crippen LogP contribution in [-0.2, 0) is 4.74 Å². The monoisotopic (exact) mass is 470 g/mol. The average Bonchev–Trinajstić information content (AvgIpc) is 3.28. The van der Waals surface area contributed by atoms with Crippen LogP contribution in [0.1, 0.15) is 26.5 Å². The van der Waals surface area contributed by atoms with Crippen molar-refractivity contribution in [1.29, 1.82) is 0 Å². The molecule has 8 heteroatoms. The first kappa shape index (κ1) is 19.4. The second-order valence-corrected chi connectivity index (χ2v) is 8.12. The van der Waals surface area contributed by atoms with Gasteiger partial charge in [0.15, 0.2) is 0 Å². The minimum Gasteiger partial charge on any atom is -0.465 e. The molecule has 0 spiro atoms. The number of carbonyl (C=O) groups excluding carboxylic acids is 2. The number of benzene rings is 2. The van der Waals surface area contributed by atoms with Gasteiger partial charge in [-0.2, -0.15) is 0 Å². The molecule has 2 aromatic heterocycles. The predicted octanol–water partition coefficient (Wildman–Crippen LogP) is 5.67. The number of hydrogen-bond acceptors (Lipinski definition) is 6. The fraction of sp³-hybridized carbons (Fsp3) is 0.0952. The Kier molecular flexibility index (Phi) is 5.21. The van der Waals surface area contributed by atoms with Crippen molar-refractivity contribution in [2.24, 2.45) is 0 Å². The Labute approximate surface area is 178 Å². The Hall–Kier alpha value is -2.97. The van der Waals surface area contributed by atoms with Crippen LogP contribution in [-0.4, -0.2) is 24.0 Å². The lowest BCUT2D eigenvalue weighted by Crippen LogP contribution is -2.12. The van der Waals surface area contributed by atoms with Crippen molar-refractivity contribution in [3.63, 3.8) is 0 Å². The molecule has 0 unspecified atom stereocenters. The van der Waals surface area contributed by atoms with Crippen LogP contribution in [0.2, 0.25) is 0 Å². The third-order valence-corrected chi connectivity index (χ3v) is 5.90. The Bertz CT molecular complexity index is 1190. The highest BCUT2D eigenvalue weighted by atomic mass is 79.9. The van der Waals surface area contributed by atoms with E-state index in [4.69, 9.17) is 9.15 Å². The van der Waals surface area contributed by atoms with E-state index in [0.29, 0.717) is 21.9 Å². The van der Waals surface area contributed by atoms with Crippen LogP contribution in [0.3, 0.4) is 0 Å². The lowest BCUT2D eigenvalue weighted by atomic mass is 10.1. The van der Waals surface area contributed by atoms with E-state index in [0.717, 1.165) is 14.7 Å². The van der Waals surface area contributed by atoms with Gasteiger partial charge in [-0.3, -0.25) is 10.1 Å². The number of para-hydroxylation sites is 1. The van der Waals surface area contributed by atoms with Crippen molar-refractivity contribution < 1.29 is 18.7 Å². The van der Waals surface area contributed by atoms with Gasteiger partial charge in [0.25, 0.3) is 5.91 Å². The average molecular weight is 471 g/mol. The van der Waals surface area contributed by atoms with E-state index in [9.17, 15) is 9.59 Å². The number of fused-ring (bicyclic) bond motifs is 1. The summed E-state index contributed by atoms with van der Waals surface area (Å²) in [6.07, 6.45) is 0. The number of thiazole rings is 1. The van der Waals surface area contributed by atoms with Crippen molar-refractivity contribution in [3.8, 4) is 10.6 Å². The fourth-order valence-corrected chi connectivity index (χ4v) is 4.22. The second kappa shape index (κ2) is 7.81.